The summed E-state index contributed by atoms with van der Waals surface area (Å²) in [6.07, 6.45) is -3.41. The van der Waals surface area contributed by atoms with Crippen LogP contribution in [-0.4, -0.2) is 49.4 Å². The highest BCUT2D eigenvalue weighted by Crippen LogP contribution is 2.37. The van der Waals surface area contributed by atoms with Gasteiger partial charge in [0.2, 0.25) is 5.72 Å². The fourth-order valence-electron chi connectivity index (χ4n) is 2.07. The third-order valence-electron chi connectivity index (χ3n) is 3.29. The summed E-state index contributed by atoms with van der Waals surface area (Å²) in [5.41, 5.74) is 11.5. The van der Waals surface area contributed by atoms with E-state index in [2.05, 4.69) is 15.0 Å². The number of hydrogen-bond donors (Lipinski definition) is 4. The summed E-state index contributed by atoms with van der Waals surface area (Å²) >= 11 is 0. The molecule has 0 saturated carbocycles. The Labute approximate surface area is 117 Å². The van der Waals surface area contributed by atoms with Gasteiger partial charge in [-0.1, -0.05) is 5.11 Å². The standard InChI is InChI=1S/C10H14N6O5/c1-4-2-16(9(20)13-7(4)11)8-5(18)6(19)10(3-17,21-8)14-15-12/h2,5-6,8,17-19H,3H2,1H3,(H2,11,13,20). The topological polar surface area (TPSA) is 180 Å². The lowest BCUT2D eigenvalue weighted by Crippen LogP contribution is -2.44. The molecule has 1 saturated heterocycles. The largest absolute Gasteiger partial charge is 0.393 e. The van der Waals surface area contributed by atoms with E-state index in [-0.39, 0.29) is 5.82 Å². The van der Waals surface area contributed by atoms with E-state index in [0.717, 1.165) is 4.57 Å². The molecule has 1 aromatic rings. The Kier molecular flexibility index (Phi) is 3.85. The monoisotopic (exact) mass is 298 g/mol. The van der Waals surface area contributed by atoms with E-state index in [1.54, 1.807) is 6.92 Å². The van der Waals surface area contributed by atoms with E-state index < -0.39 is 36.5 Å². The van der Waals surface area contributed by atoms with Crippen molar-refractivity contribution < 1.29 is 20.1 Å². The van der Waals surface area contributed by atoms with Gasteiger partial charge in [0, 0.05) is 16.7 Å². The van der Waals surface area contributed by atoms with Gasteiger partial charge in [-0.05, 0) is 12.5 Å². The van der Waals surface area contributed by atoms with Gasteiger partial charge in [-0.3, -0.25) is 4.57 Å². The third kappa shape index (κ3) is 2.33. The molecule has 4 atom stereocenters. The van der Waals surface area contributed by atoms with Crippen LogP contribution in [-0.2, 0) is 4.74 Å². The lowest BCUT2D eigenvalue weighted by atomic mass is 10.1. The van der Waals surface area contributed by atoms with Gasteiger partial charge in [-0.2, -0.15) is 4.98 Å². The molecule has 1 fully saturated rings. The molecule has 0 aromatic carbocycles. The Hall–Kier alpha value is -2.17. The first-order valence-electron chi connectivity index (χ1n) is 5.92. The second-order valence-corrected chi connectivity index (χ2v) is 4.64. The van der Waals surface area contributed by atoms with Crippen LogP contribution in [0.1, 0.15) is 11.8 Å². The third-order valence-corrected chi connectivity index (χ3v) is 3.29. The molecule has 0 amide bonds. The average Bonchev–Trinajstić information content (AvgIpc) is 2.69. The van der Waals surface area contributed by atoms with Gasteiger partial charge in [0.15, 0.2) is 6.23 Å². The lowest BCUT2D eigenvalue weighted by molar-refractivity contribution is -0.125. The zero-order valence-corrected chi connectivity index (χ0v) is 11.0. The molecule has 5 N–H and O–H groups in total. The maximum atomic E-state index is 11.8. The number of azide groups is 1. The number of anilines is 1. The summed E-state index contributed by atoms with van der Waals surface area (Å²) in [4.78, 5) is 17.8. The SMILES string of the molecule is Cc1cn(C2OC(CO)(N=[N+]=[N-])C(O)C2O)c(=O)nc1N. The Balaban J connectivity index is 2.50. The number of ether oxygens (including phenoxy) is 1. The predicted molar refractivity (Wildman–Crippen MR) is 68.7 cm³/mol. The normalized spacial score (nSPS) is 31.9. The highest BCUT2D eigenvalue weighted by Gasteiger charge is 2.54. The first kappa shape index (κ1) is 15.2. The van der Waals surface area contributed by atoms with Crippen molar-refractivity contribution in [3.8, 4) is 0 Å². The van der Waals surface area contributed by atoms with Crippen LogP contribution in [0.4, 0.5) is 5.82 Å². The van der Waals surface area contributed by atoms with Crippen LogP contribution in [0.25, 0.3) is 10.4 Å². The van der Waals surface area contributed by atoms with E-state index in [0.29, 0.717) is 5.56 Å². The molecule has 0 aliphatic carbocycles. The van der Waals surface area contributed by atoms with Crippen molar-refractivity contribution >= 4 is 5.82 Å². The fraction of sp³-hybridized carbons (Fsp3) is 0.600. The van der Waals surface area contributed by atoms with Gasteiger partial charge < -0.3 is 25.8 Å². The molecule has 0 bridgehead atoms. The van der Waals surface area contributed by atoms with E-state index in [1.807, 2.05) is 0 Å². The van der Waals surface area contributed by atoms with Crippen LogP contribution in [0.3, 0.4) is 0 Å². The Morgan fingerprint density at radius 3 is 2.90 bits per heavy atom. The first-order valence-corrected chi connectivity index (χ1v) is 5.92. The Morgan fingerprint density at radius 1 is 1.67 bits per heavy atom. The van der Waals surface area contributed by atoms with Gasteiger partial charge in [0.05, 0.1) is 6.61 Å². The summed E-state index contributed by atoms with van der Waals surface area (Å²) in [6, 6.07) is 0. The Morgan fingerprint density at radius 2 is 2.33 bits per heavy atom. The zero-order valence-electron chi connectivity index (χ0n) is 11.0. The molecule has 1 aliphatic rings. The zero-order chi connectivity index (χ0) is 15.8. The number of aryl methyl sites for hydroxylation is 1. The lowest BCUT2D eigenvalue weighted by Gasteiger charge is -2.23. The van der Waals surface area contributed by atoms with Gasteiger partial charge in [0.25, 0.3) is 0 Å². The smallest absolute Gasteiger partial charge is 0.351 e. The second kappa shape index (κ2) is 5.31. The summed E-state index contributed by atoms with van der Waals surface area (Å²) in [5, 5.41) is 32.4. The van der Waals surface area contributed by atoms with Crippen molar-refractivity contribution in [3.63, 3.8) is 0 Å². The summed E-state index contributed by atoms with van der Waals surface area (Å²) in [7, 11) is 0. The molecule has 21 heavy (non-hydrogen) atoms. The molecule has 2 heterocycles. The molecular formula is C10H14N6O5. The highest BCUT2D eigenvalue weighted by atomic mass is 16.6. The predicted octanol–water partition coefficient (Wildman–Crippen LogP) is -1.62. The first-order chi connectivity index (χ1) is 9.86. The van der Waals surface area contributed by atoms with Crippen LogP contribution >= 0.6 is 0 Å². The van der Waals surface area contributed by atoms with E-state index in [4.69, 9.17) is 16.0 Å². The maximum absolute atomic E-state index is 11.8. The molecule has 2 rings (SSSR count). The van der Waals surface area contributed by atoms with Crippen molar-refractivity contribution in [2.75, 3.05) is 12.3 Å². The number of aliphatic hydroxyl groups excluding tert-OH is 3. The molecule has 0 spiro atoms. The Bertz CT molecular complexity index is 656. The molecular weight excluding hydrogens is 284 g/mol. The maximum Gasteiger partial charge on any atom is 0.351 e. The quantitative estimate of drug-likeness (QED) is 0.294. The van der Waals surface area contributed by atoms with Gasteiger partial charge >= 0.3 is 5.69 Å². The van der Waals surface area contributed by atoms with Crippen molar-refractivity contribution in [2.24, 2.45) is 5.11 Å². The minimum Gasteiger partial charge on any atom is -0.393 e. The van der Waals surface area contributed by atoms with Gasteiger partial charge in [-0.15, -0.1) is 0 Å². The summed E-state index contributed by atoms with van der Waals surface area (Å²) in [5.74, 6) is 0.0211. The van der Waals surface area contributed by atoms with Crippen LogP contribution in [0.15, 0.2) is 16.1 Å². The van der Waals surface area contributed by atoms with Crippen molar-refractivity contribution in [2.45, 2.75) is 31.1 Å². The van der Waals surface area contributed by atoms with Crippen molar-refractivity contribution in [1.29, 1.82) is 0 Å². The van der Waals surface area contributed by atoms with Crippen LogP contribution in [0.5, 0.6) is 0 Å². The number of nitrogen functional groups attached to an aromatic ring is 1. The molecule has 4 unspecified atom stereocenters. The summed E-state index contributed by atoms with van der Waals surface area (Å²) in [6.45, 7) is 0.713. The van der Waals surface area contributed by atoms with Crippen LogP contribution in [0, 0.1) is 6.92 Å². The molecule has 114 valence electrons. The van der Waals surface area contributed by atoms with E-state index in [1.165, 1.54) is 6.20 Å². The van der Waals surface area contributed by atoms with Crippen LogP contribution < -0.4 is 11.4 Å². The number of nitrogens with two attached hydrogens (primary N) is 1. The molecule has 1 aliphatic heterocycles. The number of nitrogens with zero attached hydrogens (tertiary/aromatic N) is 5. The minimum absolute atomic E-state index is 0.0211. The number of rotatable bonds is 3. The van der Waals surface area contributed by atoms with Gasteiger partial charge in [-0.25, -0.2) is 4.79 Å². The van der Waals surface area contributed by atoms with Gasteiger partial charge in [0.1, 0.15) is 18.0 Å². The van der Waals surface area contributed by atoms with E-state index >= 15 is 0 Å². The molecule has 11 nitrogen and oxygen atoms in total. The average molecular weight is 298 g/mol. The fourth-order valence-corrected chi connectivity index (χ4v) is 2.07. The number of aromatic nitrogens is 2. The van der Waals surface area contributed by atoms with E-state index in [9.17, 15) is 20.1 Å². The van der Waals surface area contributed by atoms with Crippen LogP contribution in [0.2, 0.25) is 0 Å². The molecule has 1 aromatic heterocycles. The second-order valence-electron chi connectivity index (χ2n) is 4.64. The highest BCUT2D eigenvalue weighted by molar-refractivity contribution is 5.35. The molecule has 11 heteroatoms. The van der Waals surface area contributed by atoms with Crippen molar-refractivity contribution in [3.05, 3.63) is 32.7 Å². The minimum atomic E-state index is -2.08. The van der Waals surface area contributed by atoms with Crippen molar-refractivity contribution in [1.82, 2.24) is 9.55 Å². The number of hydrogen-bond acceptors (Lipinski definition) is 8. The number of aliphatic hydroxyl groups is 3. The molecule has 0 radical (unpaired) electrons. The summed E-state index contributed by atoms with van der Waals surface area (Å²) < 4.78 is 6.14.